The molecule has 0 fully saturated rings. The average Bonchev–Trinajstić information content (AvgIpc) is 2.78. The summed E-state index contributed by atoms with van der Waals surface area (Å²) in [7, 11) is -4.13. The van der Waals surface area contributed by atoms with Gasteiger partial charge in [0, 0.05) is 6.07 Å². The number of para-hydroxylation sites is 2. The minimum Gasteiger partial charge on any atom is -0.323 e. The summed E-state index contributed by atoms with van der Waals surface area (Å²) < 4.78 is 52.5. The van der Waals surface area contributed by atoms with Crippen molar-refractivity contribution in [2.75, 3.05) is 4.72 Å². The summed E-state index contributed by atoms with van der Waals surface area (Å²) in [5.41, 5.74) is 1.21. The predicted molar refractivity (Wildman–Crippen MR) is 73.3 cm³/mol. The summed E-state index contributed by atoms with van der Waals surface area (Å²) in [6.07, 6.45) is 0. The Bertz CT molecular complexity index is 869. The summed E-state index contributed by atoms with van der Waals surface area (Å²) in [5, 5.41) is 0. The zero-order valence-electron chi connectivity index (χ0n) is 10.5. The SMILES string of the molecule is O=S(=O)(Nc1nc2ccccc2[nH]1)c1cc(F)cc(F)c1. The molecule has 8 heteroatoms. The predicted octanol–water partition coefficient (Wildman–Crippen LogP) is 2.64. The molecule has 1 aromatic heterocycles. The molecular formula is C13H9F2N3O2S. The minimum absolute atomic E-state index is 0.0270. The maximum absolute atomic E-state index is 13.1. The van der Waals surface area contributed by atoms with Crippen molar-refractivity contribution in [2.24, 2.45) is 0 Å². The number of anilines is 1. The molecule has 0 radical (unpaired) electrons. The van der Waals surface area contributed by atoms with E-state index in [9.17, 15) is 17.2 Å². The van der Waals surface area contributed by atoms with Gasteiger partial charge < -0.3 is 4.98 Å². The number of sulfonamides is 1. The Morgan fingerprint density at radius 3 is 2.38 bits per heavy atom. The first kappa shape index (κ1) is 13.5. The number of benzene rings is 2. The van der Waals surface area contributed by atoms with Crippen LogP contribution in [0, 0.1) is 11.6 Å². The van der Waals surface area contributed by atoms with Gasteiger partial charge in [0.25, 0.3) is 10.0 Å². The second-order valence-electron chi connectivity index (χ2n) is 4.31. The van der Waals surface area contributed by atoms with Gasteiger partial charge in [-0.1, -0.05) is 12.1 Å². The van der Waals surface area contributed by atoms with Crippen LogP contribution in [0.5, 0.6) is 0 Å². The van der Waals surface area contributed by atoms with Crippen LogP contribution in [0.4, 0.5) is 14.7 Å². The van der Waals surface area contributed by atoms with Gasteiger partial charge in [0.05, 0.1) is 15.9 Å². The van der Waals surface area contributed by atoms with E-state index in [2.05, 4.69) is 14.7 Å². The highest BCUT2D eigenvalue weighted by Gasteiger charge is 2.18. The van der Waals surface area contributed by atoms with Gasteiger partial charge >= 0.3 is 0 Å². The second kappa shape index (κ2) is 4.81. The van der Waals surface area contributed by atoms with Crippen molar-refractivity contribution in [1.29, 1.82) is 0 Å². The third-order valence-electron chi connectivity index (χ3n) is 2.77. The summed E-state index contributed by atoms with van der Waals surface area (Å²) >= 11 is 0. The summed E-state index contributed by atoms with van der Waals surface area (Å²) in [6.45, 7) is 0. The van der Waals surface area contributed by atoms with Crippen LogP contribution >= 0.6 is 0 Å². The van der Waals surface area contributed by atoms with Crippen molar-refractivity contribution < 1.29 is 17.2 Å². The van der Waals surface area contributed by atoms with Gasteiger partial charge in [0.15, 0.2) is 0 Å². The molecule has 0 saturated carbocycles. The van der Waals surface area contributed by atoms with Crippen LogP contribution in [-0.4, -0.2) is 18.4 Å². The fourth-order valence-corrected chi connectivity index (χ4v) is 2.88. The van der Waals surface area contributed by atoms with Crippen molar-refractivity contribution in [3.63, 3.8) is 0 Å². The van der Waals surface area contributed by atoms with Gasteiger partial charge in [0.1, 0.15) is 11.6 Å². The van der Waals surface area contributed by atoms with Crippen molar-refractivity contribution >= 4 is 27.0 Å². The molecule has 0 bridgehead atoms. The van der Waals surface area contributed by atoms with E-state index in [0.29, 0.717) is 17.1 Å². The summed E-state index contributed by atoms with van der Waals surface area (Å²) in [5.74, 6) is -1.97. The Labute approximate surface area is 118 Å². The largest absolute Gasteiger partial charge is 0.323 e. The molecule has 0 unspecified atom stereocenters. The zero-order valence-corrected chi connectivity index (χ0v) is 11.3. The first-order valence-electron chi connectivity index (χ1n) is 5.88. The molecule has 21 heavy (non-hydrogen) atoms. The Hall–Kier alpha value is -2.48. The van der Waals surface area contributed by atoms with Crippen molar-refractivity contribution in [3.05, 3.63) is 54.1 Å². The van der Waals surface area contributed by atoms with E-state index in [1.54, 1.807) is 24.3 Å². The number of nitrogens with zero attached hydrogens (tertiary/aromatic N) is 1. The van der Waals surface area contributed by atoms with Gasteiger partial charge in [-0.15, -0.1) is 0 Å². The van der Waals surface area contributed by atoms with E-state index in [1.165, 1.54) is 0 Å². The molecule has 2 aromatic carbocycles. The smallest absolute Gasteiger partial charge is 0.264 e. The second-order valence-corrected chi connectivity index (χ2v) is 6.00. The highest BCUT2D eigenvalue weighted by molar-refractivity contribution is 7.92. The molecule has 3 rings (SSSR count). The van der Waals surface area contributed by atoms with Crippen LogP contribution < -0.4 is 4.72 Å². The third kappa shape index (κ3) is 2.70. The molecule has 0 aliphatic carbocycles. The lowest BCUT2D eigenvalue weighted by Crippen LogP contribution is -2.14. The van der Waals surface area contributed by atoms with Crippen LogP contribution in [0.2, 0.25) is 0 Å². The molecule has 0 amide bonds. The first-order valence-corrected chi connectivity index (χ1v) is 7.36. The van der Waals surface area contributed by atoms with Crippen LogP contribution in [-0.2, 0) is 10.0 Å². The Morgan fingerprint density at radius 2 is 1.71 bits per heavy atom. The molecule has 1 heterocycles. The molecule has 0 atom stereocenters. The Kier molecular flexibility index (Phi) is 3.09. The number of hydrogen-bond donors (Lipinski definition) is 2. The van der Waals surface area contributed by atoms with E-state index >= 15 is 0 Å². The van der Waals surface area contributed by atoms with Gasteiger partial charge in [-0.05, 0) is 24.3 Å². The maximum atomic E-state index is 13.1. The number of hydrogen-bond acceptors (Lipinski definition) is 3. The lowest BCUT2D eigenvalue weighted by atomic mass is 10.3. The quantitative estimate of drug-likeness (QED) is 0.781. The van der Waals surface area contributed by atoms with Crippen molar-refractivity contribution in [1.82, 2.24) is 9.97 Å². The lowest BCUT2D eigenvalue weighted by molar-refractivity contribution is 0.568. The molecular weight excluding hydrogens is 300 g/mol. The van der Waals surface area contributed by atoms with E-state index in [0.717, 1.165) is 12.1 Å². The fraction of sp³-hybridized carbons (Fsp3) is 0. The van der Waals surface area contributed by atoms with E-state index in [1.807, 2.05) is 0 Å². The van der Waals surface area contributed by atoms with Gasteiger partial charge in [0.2, 0.25) is 5.95 Å². The molecule has 2 N–H and O–H groups in total. The van der Waals surface area contributed by atoms with Gasteiger partial charge in [-0.25, -0.2) is 26.9 Å². The molecule has 0 spiro atoms. The number of aromatic nitrogens is 2. The number of imidazole rings is 1. The summed E-state index contributed by atoms with van der Waals surface area (Å²) in [4.78, 5) is 6.28. The van der Waals surface area contributed by atoms with E-state index in [-0.39, 0.29) is 5.95 Å². The molecule has 0 saturated heterocycles. The molecule has 0 aliphatic heterocycles. The topological polar surface area (TPSA) is 74.8 Å². The monoisotopic (exact) mass is 309 g/mol. The Morgan fingerprint density at radius 1 is 1.05 bits per heavy atom. The average molecular weight is 309 g/mol. The Balaban J connectivity index is 1.98. The molecule has 5 nitrogen and oxygen atoms in total. The van der Waals surface area contributed by atoms with E-state index in [4.69, 9.17) is 0 Å². The number of nitrogens with one attached hydrogen (secondary N) is 2. The van der Waals surface area contributed by atoms with Crippen LogP contribution in [0.15, 0.2) is 47.4 Å². The third-order valence-corrected chi connectivity index (χ3v) is 4.09. The van der Waals surface area contributed by atoms with Crippen LogP contribution in [0.25, 0.3) is 11.0 Å². The molecule has 3 aromatic rings. The normalized spacial score (nSPS) is 11.7. The lowest BCUT2D eigenvalue weighted by Gasteiger charge is -2.05. The highest BCUT2D eigenvalue weighted by atomic mass is 32.2. The van der Waals surface area contributed by atoms with Crippen LogP contribution in [0.1, 0.15) is 0 Å². The standard InChI is InChI=1S/C13H9F2N3O2S/c14-8-5-9(15)7-10(6-8)21(19,20)18-13-16-11-3-1-2-4-12(11)17-13/h1-7H,(H2,16,17,18). The number of halogens is 2. The highest BCUT2D eigenvalue weighted by Crippen LogP contribution is 2.19. The van der Waals surface area contributed by atoms with Gasteiger partial charge in [-0.3, -0.25) is 0 Å². The summed E-state index contributed by atoms with van der Waals surface area (Å²) in [6, 6.07) is 9.00. The van der Waals surface area contributed by atoms with Crippen molar-refractivity contribution in [3.8, 4) is 0 Å². The first-order chi connectivity index (χ1) is 9.94. The zero-order chi connectivity index (χ0) is 15.0. The fourth-order valence-electron chi connectivity index (χ4n) is 1.87. The number of H-pyrrole nitrogens is 1. The molecule has 108 valence electrons. The van der Waals surface area contributed by atoms with E-state index < -0.39 is 26.6 Å². The van der Waals surface area contributed by atoms with Crippen molar-refractivity contribution in [2.45, 2.75) is 4.90 Å². The minimum atomic E-state index is -4.13. The maximum Gasteiger partial charge on any atom is 0.264 e. The number of aromatic amines is 1. The van der Waals surface area contributed by atoms with Gasteiger partial charge in [-0.2, -0.15) is 0 Å². The van der Waals surface area contributed by atoms with Crippen LogP contribution in [0.3, 0.4) is 0 Å². The molecule has 0 aliphatic rings. The number of fused-ring (bicyclic) bond motifs is 1. The number of rotatable bonds is 3.